The van der Waals surface area contributed by atoms with Gasteiger partial charge in [-0.2, -0.15) is 0 Å². The molecular weight excluding hydrogens is 456 g/mol. The zero-order valence-corrected chi connectivity index (χ0v) is 23.6. The van der Waals surface area contributed by atoms with Crippen LogP contribution in [0.15, 0.2) is 11.1 Å². The van der Waals surface area contributed by atoms with Crippen molar-refractivity contribution in [3.05, 3.63) is 11.1 Å². The van der Waals surface area contributed by atoms with Crippen LogP contribution in [0.2, 0.25) is 0 Å². The van der Waals surface area contributed by atoms with Crippen molar-refractivity contribution in [2.45, 2.75) is 130 Å². The molecule has 208 valence electrons. The summed E-state index contributed by atoms with van der Waals surface area (Å²) in [6.07, 6.45) is 2.97. The minimum atomic E-state index is -1.18. The number of aliphatic hydroxyl groups is 6. The van der Waals surface area contributed by atoms with Crippen LogP contribution in [-0.2, 0) is 0 Å². The van der Waals surface area contributed by atoms with Crippen molar-refractivity contribution < 1.29 is 30.6 Å². The molecule has 0 aromatic rings. The summed E-state index contributed by atoms with van der Waals surface area (Å²) in [6.45, 7) is 14.2. The maximum absolute atomic E-state index is 11.9. The molecule has 6 N–H and O–H groups in total. The Bertz CT molecular complexity index is 875. The Hall–Kier alpha value is -0.500. The molecular formula is C30H52O6. The highest BCUT2D eigenvalue weighted by atomic mass is 16.3. The van der Waals surface area contributed by atoms with Crippen molar-refractivity contribution in [2.24, 2.45) is 39.4 Å². The molecule has 4 aliphatic carbocycles. The molecule has 2 saturated carbocycles. The molecule has 4 rings (SSSR count). The van der Waals surface area contributed by atoms with Gasteiger partial charge in [0.2, 0.25) is 0 Å². The van der Waals surface area contributed by atoms with Gasteiger partial charge in [-0.15, -0.1) is 0 Å². The van der Waals surface area contributed by atoms with Crippen molar-refractivity contribution in [1.29, 1.82) is 0 Å². The number of fused-ring (bicyclic) bond motifs is 4. The average molecular weight is 509 g/mol. The van der Waals surface area contributed by atoms with Gasteiger partial charge >= 0.3 is 0 Å². The number of aliphatic hydroxyl groups excluding tert-OH is 5. The molecule has 36 heavy (non-hydrogen) atoms. The zero-order valence-electron chi connectivity index (χ0n) is 23.6. The van der Waals surface area contributed by atoms with Crippen molar-refractivity contribution in [1.82, 2.24) is 0 Å². The lowest BCUT2D eigenvalue weighted by Crippen LogP contribution is -2.61. The van der Waals surface area contributed by atoms with Crippen molar-refractivity contribution >= 4 is 0 Å². The van der Waals surface area contributed by atoms with E-state index < -0.39 is 40.8 Å². The lowest BCUT2D eigenvalue weighted by molar-refractivity contribution is -0.163. The Balaban J connectivity index is 1.69. The lowest BCUT2D eigenvalue weighted by Gasteiger charge is -2.63. The molecule has 10 unspecified atom stereocenters. The Morgan fingerprint density at radius 3 is 2.19 bits per heavy atom. The van der Waals surface area contributed by atoms with Crippen LogP contribution in [0.4, 0.5) is 0 Å². The topological polar surface area (TPSA) is 121 Å². The first-order valence-corrected chi connectivity index (χ1v) is 14.2. The third kappa shape index (κ3) is 3.88. The van der Waals surface area contributed by atoms with Gasteiger partial charge < -0.3 is 30.6 Å². The summed E-state index contributed by atoms with van der Waals surface area (Å²) in [5.41, 5.74) is 0.313. The van der Waals surface area contributed by atoms with Crippen LogP contribution in [0.25, 0.3) is 0 Å². The Morgan fingerprint density at radius 2 is 1.61 bits per heavy atom. The van der Waals surface area contributed by atoms with Crippen LogP contribution in [0.5, 0.6) is 0 Å². The summed E-state index contributed by atoms with van der Waals surface area (Å²) in [5.74, 6) is 0.308. The predicted octanol–water partition coefficient (Wildman–Crippen LogP) is 3.56. The summed E-state index contributed by atoms with van der Waals surface area (Å²) in [7, 11) is 0. The molecule has 0 saturated heterocycles. The number of allylic oxidation sites excluding steroid dienone is 1. The fourth-order valence-electron chi connectivity index (χ4n) is 9.77. The quantitative estimate of drug-likeness (QED) is 0.305. The lowest BCUT2D eigenvalue weighted by atomic mass is 9.42. The fraction of sp³-hybridized carbons (Fsp3) is 0.933. The van der Waals surface area contributed by atoms with Crippen LogP contribution in [0, 0.1) is 39.4 Å². The zero-order chi connectivity index (χ0) is 27.1. The van der Waals surface area contributed by atoms with Crippen LogP contribution in [-0.4, -0.2) is 67.3 Å². The Kier molecular flexibility index (Phi) is 7.15. The summed E-state index contributed by atoms with van der Waals surface area (Å²) in [4.78, 5) is 0. The van der Waals surface area contributed by atoms with Gasteiger partial charge in [-0.1, -0.05) is 45.8 Å². The van der Waals surface area contributed by atoms with E-state index in [2.05, 4.69) is 34.6 Å². The summed E-state index contributed by atoms with van der Waals surface area (Å²) < 4.78 is 0. The minimum Gasteiger partial charge on any atom is -0.396 e. The van der Waals surface area contributed by atoms with E-state index in [9.17, 15) is 30.6 Å². The smallest absolute Gasteiger partial charge is 0.0853 e. The maximum atomic E-state index is 11.9. The normalized spacial score (nSPS) is 46.1. The van der Waals surface area contributed by atoms with Gasteiger partial charge in [-0.3, -0.25) is 0 Å². The SMILES string of the molecule is CC(C)(O)C(O)CCC(CO)C1CCC2(C)C3=C(CC(O)C12C)C1(C)CC(O)C(O)C(C)(C)C1CC3. The van der Waals surface area contributed by atoms with E-state index in [-0.39, 0.29) is 35.2 Å². The van der Waals surface area contributed by atoms with Gasteiger partial charge in [0.05, 0.1) is 30.0 Å². The van der Waals surface area contributed by atoms with Gasteiger partial charge in [0.15, 0.2) is 0 Å². The molecule has 4 aliphatic rings. The first kappa shape index (κ1) is 28.5. The number of rotatable bonds is 6. The first-order valence-electron chi connectivity index (χ1n) is 14.2. The van der Waals surface area contributed by atoms with Gasteiger partial charge in [0, 0.05) is 12.0 Å². The van der Waals surface area contributed by atoms with Crippen LogP contribution in [0.1, 0.15) is 99.8 Å². The van der Waals surface area contributed by atoms with Crippen LogP contribution < -0.4 is 0 Å². The van der Waals surface area contributed by atoms with Crippen LogP contribution >= 0.6 is 0 Å². The minimum absolute atomic E-state index is 0.00555. The van der Waals surface area contributed by atoms with E-state index in [4.69, 9.17) is 0 Å². The molecule has 0 heterocycles. The highest BCUT2D eigenvalue weighted by molar-refractivity contribution is 5.40. The molecule has 0 bridgehead atoms. The molecule has 6 nitrogen and oxygen atoms in total. The van der Waals surface area contributed by atoms with E-state index in [1.54, 1.807) is 13.8 Å². The highest BCUT2D eigenvalue weighted by Crippen LogP contribution is 2.72. The highest BCUT2D eigenvalue weighted by Gasteiger charge is 2.67. The summed E-state index contributed by atoms with van der Waals surface area (Å²) >= 11 is 0. The fourth-order valence-corrected chi connectivity index (χ4v) is 9.77. The molecule has 0 amide bonds. The van der Waals surface area contributed by atoms with Crippen LogP contribution in [0.3, 0.4) is 0 Å². The standard InChI is InChI=1S/C30H52O6/c1-26(2)22-10-9-19-20(28(22,5)15-21(32)25(26)35)14-24(34)30(7)18(12-13-29(19,30)6)17(16-31)8-11-23(33)27(3,4)36/h17-18,21-25,31-36H,8-16H2,1-7H3. The van der Waals surface area contributed by atoms with Crippen molar-refractivity contribution in [3.8, 4) is 0 Å². The Labute approximate surface area is 217 Å². The van der Waals surface area contributed by atoms with E-state index in [0.29, 0.717) is 25.7 Å². The number of hydrogen-bond acceptors (Lipinski definition) is 6. The number of hydrogen-bond donors (Lipinski definition) is 6. The molecule has 0 aromatic heterocycles. The predicted molar refractivity (Wildman–Crippen MR) is 140 cm³/mol. The second kappa shape index (κ2) is 9.02. The molecule has 10 atom stereocenters. The average Bonchev–Trinajstić information content (AvgIpc) is 3.06. The third-order valence-corrected chi connectivity index (χ3v) is 12.3. The monoisotopic (exact) mass is 508 g/mol. The van der Waals surface area contributed by atoms with E-state index in [1.165, 1.54) is 11.1 Å². The molecule has 2 fully saturated rings. The first-order chi connectivity index (χ1) is 16.5. The second-order valence-corrected chi connectivity index (χ2v) is 14.7. The maximum Gasteiger partial charge on any atom is 0.0853 e. The molecule has 0 spiro atoms. The molecule has 0 aromatic carbocycles. The van der Waals surface area contributed by atoms with Gasteiger partial charge in [-0.05, 0) is 99.2 Å². The van der Waals surface area contributed by atoms with Crippen molar-refractivity contribution in [3.63, 3.8) is 0 Å². The van der Waals surface area contributed by atoms with E-state index >= 15 is 0 Å². The van der Waals surface area contributed by atoms with E-state index in [1.807, 2.05) is 0 Å². The summed E-state index contributed by atoms with van der Waals surface area (Å²) in [6, 6.07) is 0. The molecule has 0 aliphatic heterocycles. The van der Waals surface area contributed by atoms with E-state index in [0.717, 1.165) is 25.7 Å². The van der Waals surface area contributed by atoms with Gasteiger partial charge in [-0.25, -0.2) is 0 Å². The second-order valence-electron chi connectivity index (χ2n) is 14.7. The van der Waals surface area contributed by atoms with Gasteiger partial charge in [0.25, 0.3) is 0 Å². The molecule has 0 radical (unpaired) electrons. The third-order valence-electron chi connectivity index (χ3n) is 12.3. The largest absolute Gasteiger partial charge is 0.396 e. The molecule has 6 heteroatoms. The van der Waals surface area contributed by atoms with Crippen molar-refractivity contribution in [2.75, 3.05) is 6.61 Å². The summed E-state index contributed by atoms with van der Waals surface area (Å²) in [5, 5.41) is 64.7. The Morgan fingerprint density at radius 1 is 0.972 bits per heavy atom. The van der Waals surface area contributed by atoms with Gasteiger partial charge in [0.1, 0.15) is 0 Å².